The number of nitrogens with zero attached hydrogens (tertiary/aromatic N) is 6. The molecule has 0 amide bonds. The van der Waals surface area contributed by atoms with Gasteiger partial charge in [0.05, 0.1) is 31.0 Å². The number of piperazine rings is 1. The van der Waals surface area contributed by atoms with Gasteiger partial charge in [0.1, 0.15) is 17.3 Å². The zero-order valence-electron chi connectivity index (χ0n) is 22.1. The molecule has 1 N–H and O–H groups in total. The van der Waals surface area contributed by atoms with Crippen molar-refractivity contribution in [3.63, 3.8) is 0 Å². The molecule has 2 aromatic carbocycles. The summed E-state index contributed by atoms with van der Waals surface area (Å²) in [5, 5.41) is 3.26. The van der Waals surface area contributed by atoms with Crippen LogP contribution in [0.2, 0.25) is 0 Å². The predicted molar refractivity (Wildman–Crippen MR) is 147 cm³/mol. The van der Waals surface area contributed by atoms with Crippen molar-refractivity contribution in [2.45, 2.75) is 19.0 Å². The summed E-state index contributed by atoms with van der Waals surface area (Å²) >= 11 is 0. The monoisotopic (exact) mass is 533 g/mol. The summed E-state index contributed by atoms with van der Waals surface area (Å²) in [6.07, 6.45) is 3.31. The van der Waals surface area contributed by atoms with Crippen LogP contribution in [0.5, 0.6) is 0 Å². The van der Waals surface area contributed by atoms with E-state index in [0.717, 1.165) is 38.4 Å². The van der Waals surface area contributed by atoms with E-state index in [0.29, 0.717) is 49.2 Å². The van der Waals surface area contributed by atoms with E-state index >= 15 is 8.78 Å². The number of fused-ring (bicyclic) bond motifs is 1. The Kier molecular flexibility index (Phi) is 7.60. The maximum Gasteiger partial charge on any atom is 0.227 e. The second kappa shape index (κ2) is 11.4. The van der Waals surface area contributed by atoms with Gasteiger partial charge in [-0.2, -0.15) is 0 Å². The number of aromatic nitrogens is 2. The highest BCUT2D eigenvalue weighted by molar-refractivity contribution is 5.83. The van der Waals surface area contributed by atoms with Crippen LogP contribution in [0.3, 0.4) is 0 Å². The molecule has 0 radical (unpaired) electrons. The molecular formula is C29H33F2N7O. The van der Waals surface area contributed by atoms with Gasteiger partial charge in [0.15, 0.2) is 0 Å². The van der Waals surface area contributed by atoms with Gasteiger partial charge in [-0.15, -0.1) is 0 Å². The van der Waals surface area contributed by atoms with Gasteiger partial charge in [0, 0.05) is 69.8 Å². The van der Waals surface area contributed by atoms with Gasteiger partial charge in [-0.05, 0) is 42.4 Å². The zero-order valence-corrected chi connectivity index (χ0v) is 22.1. The molecule has 2 fully saturated rings. The normalized spacial score (nSPS) is 20.3. The number of ether oxygens (including phenoxy) is 1. The molecule has 39 heavy (non-hydrogen) atoms. The Morgan fingerprint density at radius 2 is 1.62 bits per heavy atom. The van der Waals surface area contributed by atoms with E-state index in [1.165, 1.54) is 17.7 Å². The summed E-state index contributed by atoms with van der Waals surface area (Å²) in [5.41, 5.74) is 3.92. The molecule has 204 valence electrons. The average molecular weight is 534 g/mol. The molecule has 0 aliphatic carbocycles. The van der Waals surface area contributed by atoms with Crippen LogP contribution in [0, 0.1) is 11.6 Å². The molecule has 1 atom stereocenters. The second-order valence-electron chi connectivity index (χ2n) is 10.5. The summed E-state index contributed by atoms with van der Waals surface area (Å²) in [5.74, 6) is -1.14. The number of halogens is 2. The van der Waals surface area contributed by atoms with Gasteiger partial charge >= 0.3 is 0 Å². The van der Waals surface area contributed by atoms with Gasteiger partial charge in [0.2, 0.25) is 5.95 Å². The first-order valence-electron chi connectivity index (χ1n) is 13.5. The van der Waals surface area contributed by atoms with E-state index in [-0.39, 0.29) is 12.1 Å². The van der Waals surface area contributed by atoms with E-state index in [1.807, 2.05) is 17.0 Å². The Morgan fingerprint density at radius 1 is 0.923 bits per heavy atom. The molecule has 3 aliphatic rings. The topological polar surface area (TPSA) is 69.1 Å². The molecule has 0 saturated carbocycles. The first-order chi connectivity index (χ1) is 19.0. The van der Waals surface area contributed by atoms with Crippen LogP contribution in [-0.4, -0.2) is 90.4 Å². The SMILES string of the molecule is CN1CCN(Cc2ccc(Nc3ncc4c(n3)C(c3cc(F)c(CN5CCOCC5)c(F)c3)C=N4)cc2)CC1. The average Bonchev–Trinajstić information content (AvgIpc) is 3.37. The number of nitrogens with one attached hydrogen (secondary N) is 1. The fourth-order valence-electron chi connectivity index (χ4n) is 5.27. The lowest BCUT2D eigenvalue weighted by atomic mass is 9.95. The summed E-state index contributed by atoms with van der Waals surface area (Å²) in [6, 6.07) is 11.1. The van der Waals surface area contributed by atoms with E-state index < -0.39 is 17.6 Å². The quantitative estimate of drug-likeness (QED) is 0.494. The van der Waals surface area contributed by atoms with Crippen LogP contribution in [0.15, 0.2) is 47.6 Å². The van der Waals surface area contributed by atoms with Crippen LogP contribution in [0.1, 0.15) is 28.3 Å². The summed E-state index contributed by atoms with van der Waals surface area (Å²) < 4.78 is 35.5. The lowest BCUT2D eigenvalue weighted by Gasteiger charge is -2.32. The van der Waals surface area contributed by atoms with Crippen LogP contribution >= 0.6 is 0 Å². The van der Waals surface area contributed by atoms with E-state index in [4.69, 9.17) is 4.74 Å². The van der Waals surface area contributed by atoms with Crippen LogP contribution in [0.4, 0.5) is 26.1 Å². The molecule has 1 aromatic heterocycles. The molecule has 6 rings (SSSR count). The third kappa shape index (κ3) is 5.99. The van der Waals surface area contributed by atoms with Crippen molar-refractivity contribution in [2.24, 2.45) is 4.99 Å². The predicted octanol–water partition coefficient (Wildman–Crippen LogP) is 3.93. The molecule has 1 unspecified atom stereocenters. The van der Waals surface area contributed by atoms with E-state index in [9.17, 15) is 0 Å². The molecule has 3 aliphatic heterocycles. The fourth-order valence-corrected chi connectivity index (χ4v) is 5.27. The lowest BCUT2D eigenvalue weighted by Crippen LogP contribution is -2.43. The number of morpholine rings is 1. The third-order valence-electron chi connectivity index (χ3n) is 7.68. The van der Waals surface area contributed by atoms with E-state index in [1.54, 1.807) is 12.4 Å². The highest BCUT2D eigenvalue weighted by Crippen LogP contribution is 2.36. The van der Waals surface area contributed by atoms with Crippen molar-refractivity contribution in [2.75, 3.05) is 64.8 Å². The maximum atomic E-state index is 15.1. The molecule has 3 aromatic rings. The Hall–Kier alpha value is -3.31. The standard InChI is InChI=1S/C29H33F2N7O/c1-36-6-8-37(9-7-36)18-20-2-4-22(5-3-20)34-29-33-17-27-28(35-29)23(16-32-27)21-14-25(30)24(26(31)15-21)19-38-10-12-39-13-11-38/h2-5,14-17,23H,6-13,18-19H2,1H3,(H,33,34,35). The van der Waals surface area contributed by atoms with Crippen LogP contribution in [0.25, 0.3) is 0 Å². The van der Waals surface area contributed by atoms with Crippen LogP contribution < -0.4 is 5.32 Å². The summed E-state index contributed by atoms with van der Waals surface area (Å²) in [6.45, 7) is 7.97. The number of hydrogen-bond donors (Lipinski definition) is 1. The number of likely N-dealkylation sites (N-methyl/N-ethyl adjacent to an activating group) is 1. The highest BCUT2D eigenvalue weighted by Gasteiger charge is 2.26. The number of anilines is 2. The Bertz CT molecular complexity index is 1310. The minimum absolute atomic E-state index is 0.0805. The molecule has 10 heteroatoms. The zero-order chi connectivity index (χ0) is 26.8. The van der Waals surface area contributed by atoms with Crippen molar-refractivity contribution in [1.82, 2.24) is 24.7 Å². The molecule has 0 bridgehead atoms. The molecular weight excluding hydrogens is 500 g/mol. The smallest absolute Gasteiger partial charge is 0.227 e. The molecule has 8 nitrogen and oxygen atoms in total. The first-order valence-corrected chi connectivity index (χ1v) is 13.5. The fraction of sp³-hybridized carbons (Fsp3) is 0.414. The van der Waals surface area contributed by atoms with Gasteiger partial charge < -0.3 is 15.0 Å². The van der Waals surface area contributed by atoms with Crippen molar-refractivity contribution in [3.05, 3.63) is 76.6 Å². The van der Waals surface area contributed by atoms with Crippen LogP contribution in [-0.2, 0) is 17.8 Å². The second-order valence-corrected chi connectivity index (χ2v) is 10.5. The number of hydrogen-bond acceptors (Lipinski definition) is 8. The number of rotatable bonds is 7. The van der Waals surface area contributed by atoms with Gasteiger partial charge in [-0.3, -0.25) is 14.8 Å². The molecule has 2 saturated heterocycles. The minimum Gasteiger partial charge on any atom is -0.379 e. The molecule has 0 spiro atoms. The maximum absolute atomic E-state index is 15.1. The lowest BCUT2D eigenvalue weighted by molar-refractivity contribution is 0.0332. The van der Waals surface area contributed by atoms with Gasteiger partial charge in [0.25, 0.3) is 0 Å². The first kappa shape index (κ1) is 25.9. The Morgan fingerprint density at radius 3 is 2.33 bits per heavy atom. The highest BCUT2D eigenvalue weighted by atomic mass is 19.1. The van der Waals surface area contributed by atoms with Crippen molar-refractivity contribution < 1.29 is 13.5 Å². The Balaban J connectivity index is 1.14. The van der Waals surface area contributed by atoms with Crippen molar-refractivity contribution in [3.8, 4) is 0 Å². The summed E-state index contributed by atoms with van der Waals surface area (Å²) in [7, 11) is 2.16. The largest absolute Gasteiger partial charge is 0.379 e. The van der Waals surface area contributed by atoms with Crippen molar-refractivity contribution >= 4 is 23.5 Å². The number of aliphatic imine (C=N–C) groups is 1. The molecule has 4 heterocycles. The van der Waals surface area contributed by atoms with Gasteiger partial charge in [-0.25, -0.2) is 18.7 Å². The summed E-state index contributed by atoms with van der Waals surface area (Å²) in [4.78, 5) is 20.3. The van der Waals surface area contributed by atoms with Gasteiger partial charge in [-0.1, -0.05) is 12.1 Å². The Labute approximate surface area is 227 Å². The van der Waals surface area contributed by atoms with Crippen molar-refractivity contribution in [1.29, 1.82) is 0 Å². The number of benzene rings is 2. The third-order valence-corrected chi connectivity index (χ3v) is 7.68. The minimum atomic E-state index is -0.553. The van der Waals surface area contributed by atoms with E-state index in [2.05, 4.69) is 49.3 Å².